The van der Waals surface area contributed by atoms with Crippen LogP contribution in [0, 0.1) is 10.8 Å². The first-order valence-electron chi connectivity index (χ1n) is 9.23. The molecule has 25 heavy (non-hydrogen) atoms. The number of fused-ring (bicyclic) bond motifs is 2. The normalized spacial score (nSPS) is 22.2. The van der Waals surface area contributed by atoms with Crippen molar-refractivity contribution in [2.24, 2.45) is 10.8 Å². The lowest BCUT2D eigenvalue weighted by Gasteiger charge is -2.34. The van der Waals surface area contributed by atoms with Gasteiger partial charge in [-0.1, -0.05) is 75.2 Å². The van der Waals surface area contributed by atoms with Crippen LogP contribution in [0.4, 0.5) is 0 Å². The van der Waals surface area contributed by atoms with E-state index in [4.69, 9.17) is 4.74 Å². The second kappa shape index (κ2) is 6.37. The lowest BCUT2D eigenvalue weighted by atomic mass is 9.70. The average Bonchev–Trinajstić information content (AvgIpc) is 2.56. The number of para-hydroxylation sites is 2. The van der Waals surface area contributed by atoms with Crippen LogP contribution >= 0.6 is 0 Å². The van der Waals surface area contributed by atoms with Crippen molar-refractivity contribution < 1.29 is 4.74 Å². The highest BCUT2D eigenvalue weighted by atomic mass is 16.5. The van der Waals surface area contributed by atoms with E-state index in [1.54, 1.807) is 0 Å². The summed E-state index contributed by atoms with van der Waals surface area (Å²) in [6, 6.07) is 16.9. The Kier molecular flexibility index (Phi) is 4.53. The van der Waals surface area contributed by atoms with Crippen LogP contribution in [0.3, 0.4) is 0 Å². The molecule has 2 aromatic rings. The first-order valence-corrected chi connectivity index (χ1v) is 9.23. The Bertz CT molecular complexity index is 741. The number of ether oxygens (including phenoxy) is 1. The lowest BCUT2D eigenvalue weighted by Crippen LogP contribution is -2.24. The third kappa shape index (κ3) is 3.51. The van der Waals surface area contributed by atoms with Crippen LogP contribution in [0.5, 0.6) is 11.5 Å². The summed E-state index contributed by atoms with van der Waals surface area (Å²) >= 11 is 0. The van der Waals surface area contributed by atoms with Crippen molar-refractivity contribution >= 4 is 0 Å². The van der Waals surface area contributed by atoms with Crippen molar-refractivity contribution in [1.82, 2.24) is 0 Å². The maximum atomic E-state index is 6.41. The van der Waals surface area contributed by atoms with Gasteiger partial charge in [0.05, 0.1) is 0 Å². The van der Waals surface area contributed by atoms with Crippen LogP contribution in [-0.4, -0.2) is 0 Å². The molecule has 0 amide bonds. The molecule has 1 aliphatic heterocycles. The molecule has 0 spiro atoms. The maximum Gasteiger partial charge on any atom is 0.130 e. The molecule has 1 heteroatoms. The first-order chi connectivity index (χ1) is 11.7. The van der Waals surface area contributed by atoms with E-state index in [0.717, 1.165) is 24.3 Å². The molecule has 0 N–H and O–H groups in total. The minimum atomic E-state index is 0.0946. The summed E-state index contributed by atoms with van der Waals surface area (Å²) in [7, 11) is 0. The zero-order valence-electron chi connectivity index (χ0n) is 16.4. The highest BCUT2D eigenvalue weighted by Gasteiger charge is 2.31. The molecule has 1 nitrogen and oxygen atoms in total. The van der Waals surface area contributed by atoms with Gasteiger partial charge in [0.1, 0.15) is 11.5 Å². The molecule has 0 atom stereocenters. The zero-order valence-corrected chi connectivity index (χ0v) is 16.4. The molecule has 2 aromatic carbocycles. The molecular formula is C24H30O. The van der Waals surface area contributed by atoms with Gasteiger partial charge in [-0.2, -0.15) is 0 Å². The van der Waals surface area contributed by atoms with E-state index in [0.29, 0.717) is 0 Å². The minimum Gasteiger partial charge on any atom is -0.457 e. The van der Waals surface area contributed by atoms with Gasteiger partial charge in [0.25, 0.3) is 0 Å². The van der Waals surface area contributed by atoms with Gasteiger partial charge in [0.2, 0.25) is 0 Å². The number of allylic oxidation sites excluding steroid dienone is 2. The van der Waals surface area contributed by atoms with E-state index in [9.17, 15) is 0 Å². The molecule has 0 saturated carbocycles. The predicted molar refractivity (Wildman–Crippen MR) is 106 cm³/mol. The topological polar surface area (TPSA) is 9.23 Å². The van der Waals surface area contributed by atoms with E-state index in [-0.39, 0.29) is 10.8 Å². The quantitative estimate of drug-likeness (QED) is 0.473. The van der Waals surface area contributed by atoms with Crippen molar-refractivity contribution in [1.29, 1.82) is 0 Å². The second-order valence-electron chi connectivity index (χ2n) is 8.69. The summed E-state index contributed by atoms with van der Waals surface area (Å²) in [4.78, 5) is 0. The fraction of sp³-hybridized carbons (Fsp3) is 0.417. The molecule has 0 aromatic heterocycles. The van der Waals surface area contributed by atoms with Crippen molar-refractivity contribution in [3.05, 3.63) is 70.8 Å². The van der Waals surface area contributed by atoms with Gasteiger partial charge >= 0.3 is 0 Å². The van der Waals surface area contributed by atoms with Crippen LogP contribution < -0.4 is 4.74 Å². The maximum absolute atomic E-state index is 6.41. The Balaban J connectivity index is 2.23. The van der Waals surface area contributed by atoms with E-state index in [2.05, 4.69) is 90.1 Å². The average molecular weight is 335 g/mol. The fourth-order valence-corrected chi connectivity index (χ4v) is 3.85. The van der Waals surface area contributed by atoms with Gasteiger partial charge in [-0.15, -0.1) is 0 Å². The molecule has 0 bridgehead atoms. The molecule has 0 saturated heterocycles. The van der Waals surface area contributed by atoms with E-state index < -0.39 is 0 Å². The third-order valence-corrected chi connectivity index (χ3v) is 6.02. The lowest BCUT2D eigenvalue weighted by molar-refractivity contribution is 0.392. The SMILES string of the molecule is C/C1=C(\C)C(C)(C)Cc2ccccc2Oc2ccccc2CC1(C)C. The standard InChI is InChI=1S/C24H30O/c1-17-18(2)24(5,6)16-20-12-8-10-14-22(20)25-21-13-9-7-11-19(21)15-23(17,3)4/h7-14H,15-16H2,1-6H3/b18-17-. The molecule has 3 rings (SSSR count). The summed E-state index contributed by atoms with van der Waals surface area (Å²) < 4.78 is 6.41. The number of hydrogen-bond acceptors (Lipinski definition) is 1. The highest BCUT2D eigenvalue weighted by Crippen LogP contribution is 2.44. The van der Waals surface area contributed by atoms with Crippen LogP contribution in [-0.2, 0) is 12.8 Å². The summed E-state index contributed by atoms with van der Waals surface area (Å²) in [5.74, 6) is 1.96. The summed E-state index contributed by atoms with van der Waals surface area (Å²) in [6.07, 6.45) is 1.95. The van der Waals surface area contributed by atoms with E-state index >= 15 is 0 Å². The molecule has 0 radical (unpaired) electrons. The third-order valence-electron chi connectivity index (χ3n) is 6.02. The van der Waals surface area contributed by atoms with Crippen molar-refractivity contribution in [2.75, 3.05) is 0 Å². The summed E-state index contributed by atoms with van der Waals surface area (Å²) in [5, 5.41) is 0. The predicted octanol–water partition coefficient (Wildman–Crippen LogP) is 6.97. The van der Waals surface area contributed by atoms with Gasteiger partial charge in [0.15, 0.2) is 0 Å². The van der Waals surface area contributed by atoms with Crippen LogP contribution in [0.15, 0.2) is 59.7 Å². The Morgan fingerprint density at radius 2 is 1.00 bits per heavy atom. The van der Waals surface area contributed by atoms with E-state index in [1.807, 2.05) is 0 Å². The summed E-state index contributed by atoms with van der Waals surface area (Å²) in [5.41, 5.74) is 5.72. The van der Waals surface area contributed by atoms with Gasteiger partial charge in [-0.25, -0.2) is 0 Å². The van der Waals surface area contributed by atoms with E-state index in [1.165, 1.54) is 22.3 Å². The van der Waals surface area contributed by atoms with Crippen molar-refractivity contribution in [3.63, 3.8) is 0 Å². The Morgan fingerprint density at radius 1 is 0.640 bits per heavy atom. The Labute approximate surface area is 152 Å². The second-order valence-corrected chi connectivity index (χ2v) is 8.69. The van der Waals surface area contributed by atoms with Gasteiger partial charge in [-0.05, 0) is 60.8 Å². The first kappa shape index (κ1) is 17.8. The smallest absolute Gasteiger partial charge is 0.130 e. The minimum absolute atomic E-state index is 0.0946. The fourth-order valence-electron chi connectivity index (χ4n) is 3.85. The van der Waals surface area contributed by atoms with Crippen molar-refractivity contribution in [3.8, 4) is 11.5 Å². The monoisotopic (exact) mass is 334 g/mol. The molecule has 0 fully saturated rings. The highest BCUT2D eigenvalue weighted by molar-refractivity contribution is 5.44. The molecule has 0 unspecified atom stereocenters. The number of benzene rings is 2. The molecule has 0 aliphatic carbocycles. The van der Waals surface area contributed by atoms with Gasteiger partial charge < -0.3 is 4.74 Å². The Hall–Kier alpha value is -2.02. The number of rotatable bonds is 0. The molecule has 132 valence electrons. The molecular weight excluding hydrogens is 304 g/mol. The van der Waals surface area contributed by atoms with Gasteiger partial charge in [0, 0.05) is 0 Å². The number of hydrogen-bond donors (Lipinski definition) is 0. The van der Waals surface area contributed by atoms with Crippen molar-refractivity contribution in [2.45, 2.75) is 54.4 Å². The van der Waals surface area contributed by atoms with Gasteiger partial charge in [-0.3, -0.25) is 0 Å². The van der Waals surface area contributed by atoms with Crippen LogP contribution in [0.25, 0.3) is 0 Å². The Morgan fingerprint density at radius 3 is 1.40 bits per heavy atom. The van der Waals surface area contributed by atoms with Crippen LogP contribution in [0.1, 0.15) is 52.7 Å². The molecule has 1 aliphatic rings. The zero-order chi connectivity index (χ0) is 18.2. The van der Waals surface area contributed by atoms with Crippen LogP contribution in [0.2, 0.25) is 0 Å². The molecule has 1 heterocycles. The largest absolute Gasteiger partial charge is 0.457 e. The summed E-state index contributed by atoms with van der Waals surface area (Å²) in [6.45, 7) is 14.0.